The third-order valence-electron chi connectivity index (χ3n) is 11.6. The molecule has 2 aliphatic carbocycles. The smallest absolute Gasteiger partial charge is 0.226 e. The van der Waals surface area contributed by atoms with Gasteiger partial charge in [0.05, 0.1) is 64.4 Å². The van der Waals surface area contributed by atoms with Crippen molar-refractivity contribution in [3.05, 3.63) is 23.7 Å². The van der Waals surface area contributed by atoms with Gasteiger partial charge in [-0.15, -0.1) is 11.3 Å². The Kier molecular flexibility index (Phi) is 7.35. The molecule has 5 heterocycles. The maximum Gasteiger partial charge on any atom is 0.226 e. The quantitative estimate of drug-likeness (QED) is 0.431. The molecule has 4 aliphatic heterocycles. The molecule has 2 aromatic rings. The molecule has 1 aromatic heterocycles. The first kappa shape index (κ1) is 30.4. The fourth-order valence-corrected chi connectivity index (χ4v) is 9.29. The maximum atomic E-state index is 14.3. The number of hydrogen-bond acceptors (Lipinski definition) is 8. The first-order chi connectivity index (χ1) is 20.8. The highest BCUT2D eigenvalue weighted by Crippen LogP contribution is 2.55. The van der Waals surface area contributed by atoms with Gasteiger partial charge in [0.15, 0.2) is 0 Å². The number of nitrogens with one attached hydrogen (secondary N) is 1. The number of aliphatic hydroxyl groups is 1. The summed E-state index contributed by atoms with van der Waals surface area (Å²) in [5, 5.41) is 14.5. The molecule has 10 heteroatoms. The number of aromatic nitrogens is 1. The first-order valence-electron chi connectivity index (χ1n) is 16.4. The first-order valence-corrected chi connectivity index (χ1v) is 17.3. The number of ether oxygens (including phenoxy) is 2. The molecular weight excluding hydrogens is 576 g/mol. The fourth-order valence-electron chi connectivity index (χ4n) is 8.45. The van der Waals surface area contributed by atoms with Crippen molar-refractivity contribution in [1.82, 2.24) is 15.2 Å². The van der Waals surface area contributed by atoms with Crippen LogP contribution in [-0.4, -0.2) is 90.0 Å². The molecule has 2 saturated carbocycles. The number of carbonyl (C=O) groups is 2. The standard InChI is InChI=1S/C34H48N4O5S/c1-21(42-18-33-11-9-22(10-12-33)43-19-33)28(32(4,5)41)36-29(39)24-14-37(26-8-6-7-25-27(26)44-20-35-25)15-34(24)16-38(17-34)30(40)23-13-31(23,2)3/h6-8,20-24,28,41H,9-19H2,1-5H3,(H,36,39)/t21-,22?,23-,24+,28?,33?/m1/s1. The Bertz CT molecular complexity index is 1410. The van der Waals surface area contributed by atoms with Gasteiger partial charge in [-0.3, -0.25) is 9.59 Å². The number of fused-ring (bicyclic) bond motifs is 4. The van der Waals surface area contributed by atoms with Crippen LogP contribution in [0.5, 0.6) is 0 Å². The van der Waals surface area contributed by atoms with Crippen molar-refractivity contribution in [2.24, 2.45) is 28.1 Å². The molecule has 6 fully saturated rings. The van der Waals surface area contributed by atoms with Crippen LogP contribution in [0.2, 0.25) is 0 Å². The van der Waals surface area contributed by atoms with Crippen molar-refractivity contribution in [3.8, 4) is 0 Å². The van der Waals surface area contributed by atoms with Crippen molar-refractivity contribution < 1.29 is 24.2 Å². The normalized spacial score (nSPS) is 31.6. The lowest BCUT2D eigenvalue weighted by molar-refractivity contribution is -0.160. The van der Waals surface area contributed by atoms with Gasteiger partial charge >= 0.3 is 0 Å². The van der Waals surface area contributed by atoms with E-state index in [-0.39, 0.29) is 46.0 Å². The molecule has 0 radical (unpaired) electrons. The number of hydrogen-bond donors (Lipinski definition) is 2. The number of nitrogens with zero attached hydrogens (tertiary/aromatic N) is 3. The van der Waals surface area contributed by atoms with E-state index in [0.717, 1.165) is 54.6 Å². The Morgan fingerprint density at radius 1 is 1.20 bits per heavy atom. The molecule has 2 bridgehead atoms. The molecule has 9 nitrogen and oxygen atoms in total. The Labute approximate surface area is 264 Å². The predicted octanol–water partition coefficient (Wildman–Crippen LogP) is 4.23. The largest absolute Gasteiger partial charge is 0.388 e. The van der Waals surface area contributed by atoms with Gasteiger partial charge in [-0.05, 0) is 70.4 Å². The van der Waals surface area contributed by atoms with Crippen LogP contribution in [-0.2, 0) is 19.1 Å². The second-order valence-electron chi connectivity index (χ2n) is 15.9. The summed E-state index contributed by atoms with van der Waals surface area (Å²) in [6.45, 7) is 13.4. The third-order valence-corrected chi connectivity index (χ3v) is 12.4. The Morgan fingerprint density at radius 2 is 1.93 bits per heavy atom. The van der Waals surface area contributed by atoms with E-state index in [4.69, 9.17) is 9.47 Å². The van der Waals surface area contributed by atoms with E-state index in [1.807, 2.05) is 29.5 Å². The second-order valence-corrected chi connectivity index (χ2v) is 16.7. The van der Waals surface area contributed by atoms with Crippen molar-refractivity contribution in [3.63, 3.8) is 0 Å². The average Bonchev–Trinajstić information content (AvgIpc) is 3.31. The second kappa shape index (κ2) is 10.6. The third kappa shape index (κ3) is 5.33. The molecule has 4 saturated heterocycles. The van der Waals surface area contributed by atoms with Gasteiger partial charge in [0, 0.05) is 42.9 Å². The van der Waals surface area contributed by atoms with E-state index in [9.17, 15) is 14.7 Å². The predicted molar refractivity (Wildman–Crippen MR) is 171 cm³/mol. The molecule has 1 spiro atoms. The number of rotatable bonds is 9. The summed E-state index contributed by atoms with van der Waals surface area (Å²) in [6, 6.07) is 5.57. The zero-order valence-corrected chi connectivity index (χ0v) is 27.6. The lowest BCUT2D eigenvalue weighted by Crippen LogP contribution is -2.66. The fraction of sp³-hybridized carbons (Fsp3) is 0.735. The van der Waals surface area contributed by atoms with Crippen molar-refractivity contribution in [2.45, 2.75) is 90.6 Å². The van der Waals surface area contributed by atoms with Crippen LogP contribution in [0.3, 0.4) is 0 Å². The molecule has 240 valence electrons. The molecule has 6 aliphatic rings. The minimum absolute atomic E-state index is 0.0307. The number of benzene rings is 1. The van der Waals surface area contributed by atoms with Crippen LogP contribution in [0.25, 0.3) is 10.2 Å². The summed E-state index contributed by atoms with van der Waals surface area (Å²) >= 11 is 1.62. The summed E-state index contributed by atoms with van der Waals surface area (Å²) in [7, 11) is 0. The van der Waals surface area contributed by atoms with Crippen LogP contribution in [0.4, 0.5) is 5.69 Å². The van der Waals surface area contributed by atoms with Crippen LogP contribution in [0, 0.1) is 28.1 Å². The highest BCUT2D eigenvalue weighted by Gasteiger charge is 2.61. The molecule has 1 unspecified atom stereocenters. The summed E-state index contributed by atoms with van der Waals surface area (Å²) in [4.78, 5) is 36.4. The number of carbonyl (C=O) groups excluding carboxylic acids is 2. The summed E-state index contributed by atoms with van der Waals surface area (Å²) < 4.78 is 13.6. The zero-order chi connectivity index (χ0) is 31.1. The van der Waals surface area contributed by atoms with Gasteiger partial charge in [-0.25, -0.2) is 4.98 Å². The van der Waals surface area contributed by atoms with Gasteiger partial charge < -0.3 is 29.7 Å². The van der Waals surface area contributed by atoms with Gasteiger partial charge in [0.1, 0.15) is 0 Å². The van der Waals surface area contributed by atoms with E-state index in [2.05, 4.69) is 35.1 Å². The van der Waals surface area contributed by atoms with E-state index in [0.29, 0.717) is 38.9 Å². The molecular formula is C34H48N4O5S. The molecule has 2 N–H and O–H groups in total. The van der Waals surface area contributed by atoms with Gasteiger partial charge in [0.25, 0.3) is 0 Å². The summed E-state index contributed by atoms with van der Waals surface area (Å²) in [5.41, 5.74) is 2.48. The zero-order valence-electron chi connectivity index (χ0n) is 26.8. The SMILES string of the molecule is C[C@@H](OCC12CCC(CC1)OC2)C(NC(=O)[C@@H]1CN(c2cccc3ncsc23)CC12CN(C(=O)[C@H]1CC1(C)C)C2)C(C)(C)O. The van der Waals surface area contributed by atoms with Crippen LogP contribution in [0.1, 0.15) is 66.7 Å². The minimum Gasteiger partial charge on any atom is -0.388 e. The van der Waals surface area contributed by atoms with E-state index >= 15 is 0 Å². The van der Waals surface area contributed by atoms with Crippen LogP contribution in [0.15, 0.2) is 23.7 Å². The molecule has 1 aromatic carbocycles. The Morgan fingerprint density at radius 3 is 2.57 bits per heavy atom. The molecule has 8 rings (SSSR count). The Balaban J connectivity index is 1.09. The van der Waals surface area contributed by atoms with Crippen molar-refractivity contribution >= 4 is 39.1 Å². The highest BCUT2D eigenvalue weighted by molar-refractivity contribution is 7.17. The maximum absolute atomic E-state index is 14.3. The van der Waals surface area contributed by atoms with Crippen molar-refractivity contribution in [1.29, 1.82) is 0 Å². The van der Waals surface area contributed by atoms with Crippen LogP contribution < -0.4 is 10.2 Å². The summed E-state index contributed by atoms with van der Waals surface area (Å²) in [6.07, 6.45) is 5.30. The topological polar surface area (TPSA) is 104 Å². The minimum atomic E-state index is -1.19. The van der Waals surface area contributed by atoms with Crippen molar-refractivity contribution in [2.75, 3.05) is 44.3 Å². The number of likely N-dealkylation sites (tertiary alicyclic amines) is 1. The molecule has 2 amide bonds. The monoisotopic (exact) mass is 624 g/mol. The number of amides is 2. The van der Waals surface area contributed by atoms with Crippen LogP contribution >= 0.6 is 11.3 Å². The lowest BCUT2D eigenvalue weighted by Gasteiger charge is -2.51. The van der Waals surface area contributed by atoms with E-state index in [1.54, 1.807) is 25.2 Å². The summed E-state index contributed by atoms with van der Waals surface area (Å²) in [5.74, 6) is -0.110. The lowest BCUT2D eigenvalue weighted by atomic mass is 9.70. The number of thiazole rings is 1. The highest BCUT2D eigenvalue weighted by atomic mass is 32.1. The molecule has 44 heavy (non-hydrogen) atoms. The average molecular weight is 625 g/mol. The Hall–Kier alpha value is -2.27. The van der Waals surface area contributed by atoms with Gasteiger partial charge in [-0.2, -0.15) is 0 Å². The van der Waals surface area contributed by atoms with E-state index in [1.165, 1.54) is 0 Å². The van der Waals surface area contributed by atoms with Gasteiger partial charge in [-0.1, -0.05) is 19.9 Å². The number of anilines is 1. The van der Waals surface area contributed by atoms with E-state index < -0.39 is 11.6 Å². The molecule has 4 atom stereocenters. The van der Waals surface area contributed by atoms with Gasteiger partial charge in [0.2, 0.25) is 11.8 Å².